The smallest absolute Gasteiger partial charge is 0.230 e. The van der Waals surface area contributed by atoms with Gasteiger partial charge in [-0.15, -0.1) is 11.8 Å². The summed E-state index contributed by atoms with van der Waals surface area (Å²) >= 11 is 7.50. The van der Waals surface area contributed by atoms with Gasteiger partial charge in [0.1, 0.15) is 0 Å². The van der Waals surface area contributed by atoms with Gasteiger partial charge in [0, 0.05) is 23.4 Å². The summed E-state index contributed by atoms with van der Waals surface area (Å²) in [6, 6.07) is 7.78. The van der Waals surface area contributed by atoms with Crippen LogP contribution in [0.3, 0.4) is 0 Å². The zero-order valence-electron chi connectivity index (χ0n) is 12.1. The van der Waals surface area contributed by atoms with Crippen LogP contribution in [-0.2, 0) is 10.5 Å². The first-order valence-electron chi connectivity index (χ1n) is 6.83. The number of hydrogen-bond donors (Lipinski definition) is 2. The maximum absolute atomic E-state index is 11.8. The van der Waals surface area contributed by atoms with Crippen LogP contribution in [0.5, 0.6) is 0 Å². The van der Waals surface area contributed by atoms with Crippen LogP contribution in [0.2, 0.25) is 5.02 Å². The molecule has 0 saturated carbocycles. The van der Waals surface area contributed by atoms with Crippen LogP contribution in [0.25, 0.3) is 0 Å². The zero-order valence-corrected chi connectivity index (χ0v) is 13.6. The van der Waals surface area contributed by atoms with Crippen molar-refractivity contribution in [2.45, 2.75) is 32.1 Å². The van der Waals surface area contributed by atoms with E-state index in [-0.39, 0.29) is 11.9 Å². The lowest BCUT2D eigenvalue weighted by Crippen LogP contribution is -2.41. The van der Waals surface area contributed by atoms with E-state index >= 15 is 0 Å². The Labute approximate surface area is 130 Å². The van der Waals surface area contributed by atoms with E-state index in [4.69, 9.17) is 17.3 Å². The van der Waals surface area contributed by atoms with Crippen molar-refractivity contribution in [2.24, 2.45) is 11.7 Å². The van der Waals surface area contributed by atoms with Crippen molar-refractivity contribution >= 4 is 29.3 Å². The number of halogens is 1. The molecule has 5 heteroatoms. The predicted molar refractivity (Wildman–Crippen MR) is 88.1 cm³/mol. The van der Waals surface area contributed by atoms with Gasteiger partial charge in [0.15, 0.2) is 0 Å². The Bertz CT molecular complexity index is 426. The van der Waals surface area contributed by atoms with Crippen molar-refractivity contribution in [1.82, 2.24) is 5.32 Å². The number of thioether (sulfide) groups is 1. The second kappa shape index (κ2) is 9.27. The van der Waals surface area contributed by atoms with Gasteiger partial charge >= 0.3 is 0 Å². The Hall–Kier alpha value is -0.710. The Morgan fingerprint density at radius 3 is 2.80 bits per heavy atom. The molecule has 0 radical (unpaired) electrons. The van der Waals surface area contributed by atoms with Gasteiger partial charge in [-0.3, -0.25) is 4.79 Å². The first-order valence-corrected chi connectivity index (χ1v) is 8.36. The highest BCUT2D eigenvalue weighted by Gasteiger charge is 2.12. The van der Waals surface area contributed by atoms with Crippen LogP contribution in [0.4, 0.5) is 0 Å². The Kier molecular flexibility index (Phi) is 8.04. The quantitative estimate of drug-likeness (QED) is 0.775. The molecule has 0 heterocycles. The third-order valence-corrected chi connectivity index (χ3v) is 4.04. The van der Waals surface area contributed by atoms with Crippen LogP contribution in [0.1, 0.15) is 25.8 Å². The van der Waals surface area contributed by atoms with Crippen molar-refractivity contribution in [2.75, 3.05) is 12.3 Å². The van der Waals surface area contributed by atoms with Crippen molar-refractivity contribution in [3.8, 4) is 0 Å². The highest BCUT2D eigenvalue weighted by atomic mass is 35.5. The maximum atomic E-state index is 11.8. The summed E-state index contributed by atoms with van der Waals surface area (Å²) in [6.45, 7) is 4.74. The molecular formula is C15H23ClN2OS. The number of carbonyl (C=O) groups is 1. The van der Waals surface area contributed by atoms with Gasteiger partial charge in [0.25, 0.3) is 0 Å². The first kappa shape index (κ1) is 17.3. The molecule has 20 heavy (non-hydrogen) atoms. The average Bonchev–Trinajstić information content (AvgIpc) is 2.37. The number of hydrogen-bond acceptors (Lipinski definition) is 3. The molecule has 0 saturated heterocycles. The third kappa shape index (κ3) is 7.17. The largest absolute Gasteiger partial charge is 0.351 e. The standard InChI is InChI=1S/C15H23ClN2OS/c1-11(2)6-14(8-17)18-15(19)10-20-9-12-4-3-5-13(16)7-12/h3-5,7,11,14H,6,8-10,17H2,1-2H3,(H,18,19). The van der Waals surface area contributed by atoms with Gasteiger partial charge in [-0.05, 0) is 30.0 Å². The van der Waals surface area contributed by atoms with Gasteiger partial charge in [0.05, 0.1) is 5.75 Å². The average molecular weight is 315 g/mol. The van der Waals surface area contributed by atoms with Crippen molar-refractivity contribution in [1.29, 1.82) is 0 Å². The summed E-state index contributed by atoms with van der Waals surface area (Å²) < 4.78 is 0. The van der Waals surface area contributed by atoms with E-state index in [1.807, 2.05) is 24.3 Å². The molecule has 1 aromatic carbocycles. The summed E-state index contributed by atoms with van der Waals surface area (Å²) in [5, 5.41) is 3.71. The summed E-state index contributed by atoms with van der Waals surface area (Å²) in [5.74, 6) is 1.81. The number of nitrogens with one attached hydrogen (secondary N) is 1. The van der Waals surface area contributed by atoms with Crippen LogP contribution >= 0.6 is 23.4 Å². The molecule has 112 valence electrons. The van der Waals surface area contributed by atoms with Crippen molar-refractivity contribution in [3.05, 3.63) is 34.9 Å². The van der Waals surface area contributed by atoms with E-state index < -0.39 is 0 Å². The molecule has 0 aliphatic carbocycles. The molecule has 1 aromatic rings. The van der Waals surface area contributed by atoms with E-state index in [1.165, 1.54) is 0 Å². The van der Waals surface area contributed by atoms with E-state index in [1.54, 1.807) is 11.8 Å². The van der Waals surface area contributed by atoms with Crippen LogP contribution in [-0.4, -0.2) is 24.2 Å². The SMILES string of the molecule is CC(C)CC(CN)NC(=O)CSCc1cccc(Cl)c1. The number of nitrogens with two attached hydrogens (primary N) is 1. The fraction of sp³-hybridized carbons (Fsp3) is 0.533. The highest BCUT2D eigenvalue weighted by Crippen LogP contribution is 2.16. The minimum atomic E-state index is 0.0492. The Balaban J connectivity index is 2.29. The van der Waals surface area contributed by atoms with E-state index in [2.05, 4.69) is 19.2 Å². The molecule has 0 aliphatic rings. The lowest BCUT2D eigenvalue weighted by atomic mass is 10.0. The molecule has 1 rings (SSSR count). The summed E-state index contributed by atoms with van der Waals surface area (Å²) in [4.78, 5) is 11.8. The number of carbonyl (C=O) groups excluding carboxylic acids is 1. The zero-order chi connectivity index (χ0) is 15.0. The molecular weight excluding hydrogens is 292 g/mol. The Morgan fingerprint density at radius 1 is 1.45 bits per heavy atom. The lowest BCUT2D eigenvalue weighted by Gasteiger charge is -2.18. The fourth-order valence-electron chi connectivity index (χ4n) is 1.94. The second-order valence-corrected chi connectivity index (χ2v) is 6.67. The molecule has 1 atom stereocenters. The van der Waals surface area contributed by atoms with Crippen molar-refractivity contribution < 1.29 is 4.79 Å². The van der Waals surface area contributed by atoms with Crippen LogP contribution in [0.15, 0.2) is 24.3 Å². The molecule has 1 amide bonds. The molecule has 0 bridgehead atoms. The monoisotopic (exact) mass is 314 g/mol. The first-order chi connectivity index (χ1) is 9.51. The van der Waals surface area contributed by atoms with E-state index in [0.29, 0.717) is 18.2 Å². The summed E-state index contributed by atoms with van der Waals surface area (Å²) in [6.07, 6.45) is 0.918. The maximum Gasteiger partial charge on any atom is 0.230 e. The van der Waals surface area contributed by atoms with E-state index in [9.17, 15) is 4.79 Å². The van der Waals surface area contributed by atoms with Gasteiger partial charge in [-0.25, -0.2) is 0 Å². The Morgan fingerprint density at radius 2 is 2.20 bits per heavy atom. The van der Waals surface area contributed by atoms with Gasteiger partial charge < -0.3 is 11.1 Å². The van der Waals surface area contributed by atoms with Crippen LogP contribution in [0, 0.1) is 5.92 Å². The molecule has 0 fully saturated rings. The van der Waals surface area contributed by atoms with Gasteiger partial charge in [-0.2, -0.15) is 0 Å². The highest BCUT2D eigenvalue weighted by molar-refractivity contribution is 7.99. The molecule has 1 unspecified atom stereocenters. The predicted octanol–water partition coefficient (Wildman–Crippen LogP) is 3.06. The molecule has 0 aliphatic heterocycles. The van der Waals surface area contributed by atoms with Gasteiger partial charge in [0.2, 0.25) is 5.91 Å². The summed E-state index contributed by atoms with van der Waals surface area (Å²) in [5.41, 5.74) is 6.80. The second-order valence-electron chi connectivity index (χ2n) is 5.25. The number of amides is 1. The number of rotatable bonds is 8. The normalized spacial score (nSPS) is 12.4. The number of benzene rings is 1. The van der Waals surface area contributed by atoms with Crippen LogP contribution < -0.4 is 11.1 Å². The fourth-order valence-corrected chi connectivity index (χ4v) is 2.94. The summed E-state index contributed by atoms with van der Waals surface area (Å²) in [7, 11) is 0. The molecule has 3 N–H and O–H groups in total. The lowest BCUT2D eigenvalue weighted by molar-refractivity contribution is -0.119. The molecule has 3 nitrogen and oxygen atoms in total. The van der Waals surface area contributed by atoms with E-state index in [0.717, 1.165) is 22.8 Å². The topological polar surface area (TPSA) is 55.1 Å². The minimum absolute atomic E-state index is 0.0492. The minimum Gasteiger partial charge on any atom is -0.351 e. The third-order valence-electron chi connectivity index (χ3n) is 2.80. The van der Waals surface area contributed by atoms with Crippen molar-refractivity contribution in [3.63, 3.8) is 0 Å². The van der Waals surface area contributed by atoms with Gasteiger partial charge in [-0.1, -0.05) is 37.6 Å². The molecule has 0 spiro atoms. The molecule has 0 aromatic heterocycles.